The van der Waals surface area contributed by atoms with Gasteiger partial charge in [0.15, 0.2) is 0 Å². The maximum absolute atomic E-state index is 4.78. The van der Waals surface area contributed by atoms with Gasteiger partial charge in [-0.1, -0.05) is 15.9 Å². The second-order valence-corrected chi connectivity index (χ2v) is 2.12. The van der Waals surface area contributed by atoms with Crippen molar-refractivity contribution in [1.29, 1.82) is 0 Å². The molecule has 0 heterocycles. The smallest absolute Gasteiger partial charge is 0.135 e. The summed E-state index contributed by atoms with van der Waals surface area (Å²) in [6.07, 6.45) is 0. The van der Waals surface area contributed by atoms with Gasteiger partial charge in [0.25, 0.3) is 0 Å². The molecule has 0 aliphatic rings. The normalized spacial score (nSPS) is 12.4. The summed E-state index contributed by atoms with van der Waals surface area (Å²) in [5.41, 5.74) is 0. The molecule has 0 aromatic heterocycles. The molecule has 2 nitrogen and oxygen atoms in total. The molecule has 0 saturated heterocycles. The topological polar surface area (TPSA) is 18.5 Å². The maximum atomic E-state index is 4.78. The van der Waals surface area contributed by atoms with Crippen LogP contribution in [0.3, 0.4) is 0 Å². The van der Waals surface area contributed by atoms with Gasteiger partial charge >= 0.3 is 0 Å². The molecule has 1 atom stereocenters. The molecule has 0 aromatic rings. The van der Waals surface area contributed by atoms with Crippen molar-refractivity contribution in [1.82, 2.24) is 0 Å². The number of halogens is 1. The van der Waals surface area contributed by atoms with E-state index in [9.17, 15) is 0 Å². The third kappa shape index (κ3) is 6.89. The predicted octanol–water partition coefficient (Wildman–Crippen LogP) is 0.998. The molecule has 0 amide bonds. The van der Waals surface area contributed by atoms with E-state index in [0.717, 1.165) is 0 Å². The second-order valence-electron chi connectivity index (χ2n) is 1.10. The van der Waals surface area contributed by atoms with Crippen molar-refractivity contribution in [3.63, 3.8) is 0 Å². The number of methoxy groups -OCH3 is 2. The molecular weight excluding hydrogens is 219 g/mol. The molecule has 0 N–H and O–H groups in total. The Hall–Kier alpha value is 0.894. The molecule has 54 valence electrons. The van der Waals surface area contributed by atoms with Crippen molar-refractivity contribution in [2.75, 3.05) is 20.8 Å². The van der Waals surface area contributed by atoms with Crippen molar-refractivity contribution in [3.05, 3.63) is 0 Å². The van der Waals surface area contributed by atoms with E-state index in [1.54, 1.807) is 14.2 Å². The molecule has 0 aliphatic heterocycles. The molecule has 0 aromatic carbocycles. The molecule has 4 heteroatoms. The Labute approximate surface area is 68.0 Å². The number of ether oxygens (including phenoxy) is 2. The summed E-state index contributed by atoms with van der Waals surface area (Å²) in [5, 5.41) is 0.0394. The van der Waals surface area contributed by atoms with Crippen molar-refractivity contribution in [2.24, 2.45) is 0 Å². The van der Waals surface area contributed by atoms with Crippen LogP contribution in [0.5, 0.6) is 0 Å². The Morgan fingerprint density at radius 1 is 1.50 bits per heavy atom. The molecular formula is C4H9BrNiO2. The molecule has 0 fully saturated rings. The van der Waals surface area contributed by atoms with E-state index >= 15 is 0 Å². The monoisotopic (exact) mass is 226 g/mol. The van der Waals surface area contributed by atoms with Crippen LogP contribution in [0.2, 0.25) is 0 Å². The Morgan fingerprint density at radius 2 is 2.00 bits per heavy atom. The van der Waals surface area contributed by atoms with E-state index in [1.165, 1.54) is 0 Å². The van der Waals surface area contributed by atoms with Crippen molar-refractivity contribution >= 4 is 15.9 Å². The third-order valence-corrected chi connectivity index (χ3v) is 1.19. The number of hydrogen-bond donors (Lipinski definition) is 0. The van der Waals surface area contributed by atoms with Crippen LogP contribution in [0.4, 0.5) is 0 Å². The van der Waals surface area contributed by atoms with Crippen LogP contribution in [0.25, 0.3) is 0 Å². The minimum atomic E-state index is 0. The Bertz CT molecular complexity index is 45.0. The molecule has 0 aliphatic carbocycles. The minimum absolute atomic E-state index is 0. The first-order valence-corrected chi connectivity index (χ1v) is 2.88. The first kappa shape index (κ1) is 11.7. The Balaban J connectivity index is 0. The van der Waals surface area contributed by atoms with Crippen LogP contribution in [0.1, 0.15) is 0 Å². The first-order valence-electron chi connectivity index (χ1n) is 1.97. The fraction of sp³-hybridized carbons (Fsp3) is 1.00. The molecule has 0 saturated carbocycles. The maximum Gasteiger partial charge on any atom is 0.135 e. The largest absolute Gasteiger partial charge is 0.381 e. The number of hydrogen-bond acceptors (Lipinski definition) is 2. The van der Waals surface area contributed by atoms with Crippen LogP contribution in [-0.2, 0) is 26.0 Å². The van der Waals surface area contributed by atoms with Crippen molar-refractivity contribution < 1.29 is 26.0 Å². The van der Waals surface area contributed by atoms with Gasteiger partial charge in [-0.25, -0.2) is 0 Å². The van der Waals surface area contributed by atoms with E-state index in [4.69, 9.17) is 9.47 Å². The standard InChI is InChI=1S/C4H9BrO2.Ni/c1-6-3-4(5)7-2;/h4H,3H2,1-2H3;. The van der Waals surface area contributed by atoms with Crippen molar-refractivity contribution in [3.8, 4) is 0 Å². The number of rotatable bonds is 3. The number of alkyl halides is 1. The van der Waals surface area contributed by atoms with E-state index < -0.39 is 0 Å². The van der Waals surface area contributed by atoms with E-state index in [2.05, 4.69) is 15.9 Å². The van der Waals surface area contributed by atoms with Crippen LogP contribution < -0.4 is 0 Å². The quantitative estimate of drug-likeness (QED) is 0.529. The first-order chi connectivity index (χ1) is 3.31. The zero-order valence-corrected chi connectivity index (χ0v) is 7.37. The van der Waals surface area contributed by atoms with Crippen LogP contribution >= 0.6 is 15.9 Å². The van der Waals surface area contributed by atoms with Gasteiger partial charge in [-0.3, -0.25) is 0 Å². The third-order valence-electron chi connectivity index (χ3n) is 0.553. The van der Waals surface area contributed by atoms with Gasteiger partial charge in [-0.2, -0.15) is 0 Å². The van der Waals surface area contributed by atoms with Crippen LogP contribution in [-0.4, -0.2) is 25.8 Å². The van der Waals surface area contributed by atoms with Gasteiger partial charge in [0.05, 0.1) is 6.61 Å². The summed E-state index contributed by atoms with van der Waals surface area (Å²) in [7, 11) is 3.26. The summed E-state index contributed by atoms with van der Waals surface area (Å²) in [4.78, 5) is 0. The van der Waals surface area contributed by atoms with Gasteiger partial charge in [0, 0.05) is 30.7 Å². The fourth-order valence-corrected chi connectivity index (χ4v) is 0.463. The average Bonchev–Trinajstić information content (AvgIpc) is 1.68. The van der Waals surface area contributed by atoms with Gasteiger partial charge in [-0.05, 0) is 0 Å². The van der Waals surface area contributed by atoms with Gasteiger partial charge in [0.1, 0.15) is 5.01 Å². The molecule has 8 heavy (non-hydrogen) atoms. The zero-order chi connectivity index (χ0) is 5.70. The van der Waals surface area contributed by atoms with E-state index in [1.807, 2.05) is 0 Å². The van der Waals surface area contributed by atoms with Crippen LogP contribution in [0.15, 0.2) is 0 Å². The Morgan fingerprint density at radius 3 is 2.12 bits per heavy atom. The SMILES string of the molecule is COCC(Br)OC.[Ni]. The van der Waals surface area contributed by atoms with Gasteiger partial charge < -0.3 is 9.47 Å². The predicted molar refractivity (Wildman–Crippen MR) is 31.6 cm³/mol. The molecule has 0 rings (SSSR count). The second kappa shape index (κ2) is 7.89. The molecule has 0 radical (unpaired) electrons. The minimum Gasteiger partial charge on any atom is -0.381 e. The summed E-state index contributed by atoms with van der Waals surface area (Å²) in [6, 6.07) is 0. The summed E-state index contributed by atoms with van der Waals surface area (Å²) in [5.74, 6) is 0. The zero-order valence-electron chi connectivity index (χ0n) is 4.80. The average molecular weight is 228 g/mol. The fourth-order valence-electron chi connectivity index (χ4n) is 0.199. The summed E-state index contributed by atoms with van der Waals surface area (Å²) < 4.78 is 9.50. The summed E-state index contributed by atoms with van der Waals surface area (Å²) >= 11 is 3.19. The van der Waals surface area contributed by atoms with Crippen LogP contribution in [0, 0.1) is 0 Å². The van der Waals surface area contributed by atoms with E-state index in [0.29, 0.717) is 6.61 Å². The molecule has 0 bridgehead atoms. The Kier molecular flexibility index (Phi) is 11.5. The van der Waals surface area contributed by atoms with Crippen molar-refractivity contribution in [2.45, 2.75) is 5.01 Å². The van der Waals surface area contributed by atoms with E-state index in [-0.39, 0.29) is 21.5 Å². The molecule has 0 spiro atoms. The summed E-state index contributed by atoms with van der Waals surface area (Å²) in [6.45, 7) is 0.594. The molecule has 1 unspecified atom stereocenters. The van der Waals surface area contributed by atoms with Gasteiger partial charge in [0.2, 0.25) is 0 Å². The van der Waals surface area contributed by atoms with Gasteiger partial charge in [-0.15, -0.1) is 0 Å².